The van der Waals surface area contributed by atoms with Gasteiger partial charge >= 0.3 is 0 Å². The van der Waals surface area contributed by atoms with Crippen LogP contribution in [0.3, 0.4) is 0 Å². The van der Waals surface area contributed by atoms with E-state index in [0.717, 1.165) is 27.9 Å². The fraction of sp³-hybridized carbons (Fsp3) is 0.182. The average molecular weight is 391 g/mol. The van der Waals surface area contributed by atoms with Gasteiger partial charge < -0.3 is 9.30 Å². The number of aromatic nitrogens is 2. The van der Waals surface area contributed by atoms with Gasteiger partial charge in [-0.15, -0.1) is 11.3 Å². The van der Waals surface area contributed by atoms with Crippen LogP contribution in [0.4, 0.5) is 5.95 Å². The van der Waals surface area contributed by atoms with Crippen LogP contribution in [0.15, 0.2) is 53.9 Å². The zero-order valence-electron chi connectivity index (χ0n) is 16.0. The Kier molecular flexibility index (Phi) is 4.88. The minimum Gasteiger partial charge on any atom is -0.489 e. The number of fused-ring (bicyclic) bond motifs is 1. The first-order chi connectivity index (χ1) is 13.5. The normalized spacial score (nSPS) is 11.0. The SMILES string of the molecule is Cc1ccc(OCc2csc(C(=O)Nc3nc4ccccc4n3C)c2)c(C)c1. The number of carbonyl (C=O) groups is 1. The molecule has 0 aliphatic carbocycles. The van der Waals surface area contributed by atoms with Gasteiger partial charge in [-0.1, -0.05) is 29.8 Å². The van der Waals surface area contributed by atoms with Crippen LogP contribution in [0.5, 0.6) is 5.75 Å². The molecule has 0 bridgehead atoms. The molecule has 0 spiro atoms. The summed E-state index contributed by atoms with van der Waals surface area (Å²) in [6.07, 6.45) is 0. The van der Waals surface area contributed by atoms with E-state index in [4.69, 9.17) is 4.74 Å². The Morgan fingerprint density at radius 3 is 2.79 bits per heavy atom. The number of anilines is 1. The van der Waals surface area contributed by atoms with Crippen molar-refractivity contribution < 1.29 is 9.53 Å². The average Bonchev–Trinajstić information content (AvgIpc) is 3.27. The van der Waals surface area contributed by atoms with E-state index in [1.165, 1.54) is 16.9 Å². The first-order valence-corrected chi connectivity index (χ1v) is 9.89. The third-order valence-corrected chi connectivity index (χ3v) is 5.59. The van der Waals surface area contributed by atoms with E-state index in [0.29, 0.717) is 17.4 Å². The Labute approximate surface area is 167 Å². The molecule has 2 heterocycles. The molecule has 4 rings (SSSR count). The van der Waals surface area contributed by atoms with Crippen LogP contribution in [-0.4, -0.2) is 15.5 Å². The van der Waals surface area contributed by atoms with Gasteiger partial charge in [0.1, 0.15) is 12.4 Å². The van der Waals surface area contributed by atoms with E-state index in [1.54, 1.807) is 0 Å². The second-order valence-electron chi connectivity index (χ2n) is 6.81. The van der Waals surface area contributed by atoms with Gasteiger partial charge in [0.15, 0.2) is 0 Å². The number of rotatable bonds is 5. The van der Waals surface area contributed by atoms with E-state index in [1.807, 2.05) is 66.4 Å². The second kappa shape index (κ2) is 7.48. The van der Waals surface area contributed by atoms with Crippen molar-refractivity contribution >= 4 is 34.2 Å². The monoisotopic (exact) mass is 391 g/mol. The summed E-state index contributed by atoms with van der Waals surface area (Å²) in [4.78, 5) is 17.7. The predicted octanol–water partition coefficient (Wildman–Crippen LogP) is 5.08. The number of hydrogen-bond acceptors (Lipinski definition) is 4. The van der Waals surface area contributed by atoms with E-state index >= 15 is 0 Å². The molecule has 2 aromatic carbocycles. The van der Waals surface area contributed by atoms with E-state index in [9.17, 15) is 4.79 Å². The lowest BCUT2D eigenvalue weighted by Gasteiger charge is -2.08. The highest BCUT2D eigenvalue weighted by molar-refractivity contribution is 7.12. The number of hydrogen-bond donors (Lipinski definition) is 1. The summed E-state index contributed by atoms with van der Waals surface area (Å²) in [5.41, 5.74) is 5.12. The Hall–Kier alpha value is -3.12. The van der Waals surface area contributed by atoms with E-state index in [2.05, 4.69) is 23.3 Å². The van der Waals surface area contributed by atoms with Gasteiger partial charge in [-0.2, -0.15) is 0 Å². The maximum Gasteiger partial charge on any atom is 0.268 e. The highest BCUT2D eigenvalue weighted by atomic mass is 32.1. The maximum atomic E-state index is 12.6. The molecule has 0 atom stereocenters. The molecule has 6 heteroatoms. The van der Waals surface area contributed by atoms with E-state index in [-0.39, 0.29) is 5.91 Å². The van der Waals surface area contributed by atoms with Crippen molar-refractivity contribution in [2.75, 3.05) is 5.32 Å². The van der Waals surface area contributed by atoms with Crippen molar-refractivity contribution in [1.29, 1.82) is 0 Å². The van der Waals surface area contributed by atoms with Crippen LogP contribution < -0.4 is 10.1 Å². The molecule has 0 aliphatic rings. The fourth-order valence-corrected chi connectivity index (χ4v) is 3.91. The van der Waals surface area contributed by atoms with Crippen molar-refractivity contribution in [3.63, 3.8) is 0 Å². The van der Waals surface area contributed by atoms with Gasteiger partial charge in [-0.25, -0.2) is 4.98 Å². The molecule has 0 saturated heterocycles. The molecule has 5 nitrogen and oxygen atoms in total. The highest BCUT2D eigenvalue weighted by Gasteiger charge is 2.14. The highest BCUT2D eigenvalue weighted by Crippen LogP contribution is 2.23. The standard InChI is InChI=1S/C22H21N3O2S/c1-14-8-9-19(15(2)10-14)27-12-16-11-20(28-13-16)21(26)24-22-23-17-6-4-5-7-18(17)25(22)3/h4-11,13H,12H2,1-3H3,(H,23,24,26). The quantitative estimate of drug-likeness (QED) is 0.516. The molecule has 0 saturated carbocycles. The van der Waals surface area contributed by atoms with Gasteiger partial charge in [0.05, 0.1) is 15.9 Å². The van der Waals surface area contributed by atoms with Crippen LogP contribution in [0, 0.1) is 13.8 Å². The number of para-hydroxylation sites is 2. The molecular formula is C22H21N3O2S. The van der Waals surface area contributed by atoms with Gasteiger partial charge in [0, 0.05) is 12.6 Å². The van der Waals surface area contributed by atoms with Crippen LogP contribution in [0.2, 0.25) is 0 Å². The van der Waals surface area contributed by atoms with Gasteiger partial charge in [0.25, 0.3) is 5.91 Å². The van der Waals surface area contributed by atoms with Crippen molar-refractivity contribution in [2.24, 2.45) is 7.05 Å². The number of nitrogens with one attached hydrogen (secondary N) is 1. The summed E-state index contributed by atoms with van der Waals surface area (Å²) in [5.74, 6) is 1.23. The van der Waals surface area contributed by atoms with E-state index < -0.39 is 0 Å². The number of ether oxygens (including phenoxy) is 1. The van der Waals surface area contributed by atoms with Crippen LogP contribution in [0.25, 0.3) is 11.0 Å². The Morgan fingerprint density at radius 1 is 1.18 bits per heavy atom. The summed E-state index contributed by atoms with van der Waals surface area (Å²) < 4.78 is 7.79. The summed E-state index contributed by atoms with van der Waals surface area (Å²) in [7, 11) is 1.89. The van der Waals surface area contributed by atoms with Crippen LogP contribution >= 0.6 is 11.3 Å². The maximum absolute atomic E-state index is 12.6. The first kappa shape index (κ1) is 18.3. The number of nitrogens with zero attached hydrogens (tertiary/aromatic N) is 2. The first-order valence-electron chi connectivity index (χ1n) is 9.01. The molecule has 4 aromatic rings. The van der Waals surface area contributed by atoms with Crippen molar-refractivity contribution in [2.45, 2.75) is 20.5 Å². The fourth-order valence-electron chi connectivity index (χ4n) is 3.11. The molecule has 2 aromatic heterocycles. The molecule has 28 heavy (non-hydrogen) atoms. The molecule has 0 aliphatic heterocycles. The lowest BCUT2D eigenvalue weighted by molar-refractivity contribution is 0.102. The number of benzene rings is 2. The Balaban J connectivity index is 1.44. The molecule has 0 fully saturated rings. The van der Waals surface area contributed by atoms with Gasteiger partial charge in [-0.3, -0.25) is 10.1 Å². The summed E-state index contributed by atoms with van der Waals surface area (Å²) in [6.45, 7) is 4.52. The Morgan fingerprint density at radius 2 is 2.00 bits per heavy atom. The lowest BCUT2D eigenvalue weighted by atomic mass is 10.1. The topological polar surface area (TPSA) is 56.1 Å². The molecule has 1 N–H and O–H groups in total. The zero-order chi connectivity index (χ0) is 19.7. The van der Waals surface area contributed by atoms with Crippen molar-refractivity contribution in [3.05, 3.63) is 75.5 Å². The lowest BCUT2D eigenvalue weighted by Crippen LogP contribution is -2.13. The minimum atomic E-state index is -0.166. The van der Waals surface area contributed by atoms with Crippen LogP contribution in [0.1, 0.15) is 26.4 Å². The molecule has 142 valence electrons. The summed E-state index contributed by atoms with van der Waals surface area (Å²) in [5, 5.41) is 4.85. The third-order valence-electron chi connectivity index (χ3n) is 4.61. The molecule has 0 unspecified atom stereocenters. The smallest absolute Gasteiger partial charge is 0.268 e. The number of carbonyl (C=O) groups excluding carboxylic acids is 1. The molecule has 1 amide bonds. The second-order valence-corrected chi connectivity index (χ2v) is 7.73. The Bertz CT molecular complexity index is 1160. The van der Waals surface area contributed by atoms with Gasteiger partial charge in [-0.05, 0) is 49.1 Å². The summed E-state index contributed by atoms with van der Waals surface area (Å²) >= 11 is 1.40. The van der Waals surface area contributed by atoms with Crippen molar-refractivity contribution in [1.82, 2.24) is 9.55 Å². The number of amides is 1. The predicted molar refractivity (Wildman–Crippen MR) is 113 cm³/mol. The molecular weight excluding hydrogens is 370 g/mol. The zero-order valence-corrected chi connectivity index (χ0v) is 16.8. The largest absolute Gasteiger partial charge is 0.489 e. The number of imidazole rings is 1. The molecule has 0 radical (unpaired) electrons. The third kappa shape index (κ3) is 3.64. The van der Waals surface area contributed by atoms with Gasteiger partial charge in [0.2, 0.25) is 5.95 Å². The van der Waals surface area contributed by atoms with Crippen molar-refractivity contribution in [3.8, 4) is 5.75 Å². The summed E-state index contributed by atoms with van der Waals surface area (Å²) in [6, 6.07) is 15.8. The minimum absolute atomic E-state index is 0.166. The van der Waals surface area contributed by atoms with Crippen LogP contribution in [-0.2, 0) is 13.7 Å². The number of aryl methyl sites for hydroxylation is 3. The number of thiophene rings is 1.